The molecule has 1 aliphatic heterocycles. The van der Waals surface area contributed by atoms with Crippen molar-refractivity contribution in [3.63, 3.8) is 0 Å². The summed E-state index contributed by atoms with van der Waals surface area (Å²) in [7, 11) is 0. The maximum Gasteiger partial charge on any atom is 0.226 e. The number of carbonyl (C=O) groups is 1. The van der Waals surface area contributed by atoms with Gasteiger partial charge >= 0.3 is 0 Å². The van der Waals surface area contributed by atoms with Gasteiger partial charge in [-0.3, -0.25) is 9.69 Å². The van der Waals surface area contributed by atoms with Crippen molar-refractivity contribution in [2.45, 2.75) is 32.2 Å². The van der Waals surface area contributed by atoms with Gasteiger partial charge in [0.05, 0.1) is 6.04 Å². The first-order chi connectivity index (χ1) is 14.8. The number of nitrogens with zero attached hydrogens (tertiary/aromatic N) is 2. The van der Waals surface area contributed by atoms with E-state index in [1.54, 1.807) is 0 Å². The third-order valence-electron chi connectivity index (χ3n) is 6.08. The van der Waals surface area contributed by atoms with E-state index < -0.39 is 0 Å². The summed E-state index contributed by atoms with van der Waals surface area (Å²) in [6, 6.07) is 29.7. The predicted octanol–water partition coefficient (Wildman–Crippen LogP) is 5.27. The average Bonchev–Trinajstić information content (AvgIpc) is 2.82. The van der Waals surface area contributed by atoms with Crippen molar-refractivity contribution < 1.29 is 4.79 Å². The Morgan fingerprint density at radius 2 is 1.60 bits per heavy atom. The van der Waals surface area contributed by atoms with Crippen molar-refractivity contribution in [1.82, 2.24) is 4.90 Å². The second kappa shape index (κ2) is 9.73. The van der Waals surface area contributed by atoms with Crippen LogP contribution in [0.15, 0.2) is 84.9 Å². The molecule has 0 N–H and O–H groups in total. The second-order valence-electron chi connectivity index (χ2n) is 7.93. The van der Waals surface area contributed by atoms with Gasteiger partial charge in [0.25, 0.3) is 0 Å². The van der Waals surface area contributed by atoms with Crippen LogP contribution in [0.25, 0.3) is 0 Å². The Kier molecular flexibility index (Phi) is 6.60. The van der Waals surface area contributed by atoms with E-state index in [0.717, 1.165) is 31.6 Å². The Labute approximate surface area is 180 Å². The summed E-state index contributed by atoms with van der Waals surface area (Å²) < 4.78 is 0. The quantitative estimate of drug-likeness (QED) is 0.541. The molecule has 3 aromatic rings. The molecule has 0 saturated heterocycles. The molecule has 3 nitrogen and oxygen atoms in total. The van der Waals surface area contributed by atoms with E-state index in [4.69, 9.17) is 0 Å². The molecule has 1 atom stereocenters. The number of hydrogen-bond donors (Lipinski definition) is 0. The van der Waals surface area contributed by atoms with E-state index in [0.29, 0.717) is 13.0 Å². The van der Waals surface area contributed by atoms with E-state index in [-0.39, 0.29) is 11.9 Å². The van der Waals surface area contributed by atoms with Gasteiger partial charge in [0.1, 0.15) is 0 Å². The number of hydrogen-bond acceptors (Lipinski definition) is 2. The van der Waals surface area contributed by atoms with Crippen LogP contribution < -0.4 is 4.90 Å². The molecule has 0 fully saturated rings. The molecule has 0 saturated carbocycles. The normalized spacial score (nSPS) is 16.1. The highest BCUT2D eigenvalue weighted by atomic mass is 16.2. The minimum absolute atomic E-state index is 0.173. The summed E-state index contributed by atoms with van der Waals surface area (Å²) in [6.07, 6.45) is 2.59. The van der Waals surface area contributed by atoms with Crippen LogP contribution in [0, 0.1) is 0 Å². The molecular formula is C27H30N2O. The minimum Gasteiger partial charge on any atom is -0.311 e. The largest absolute Gasteiger partial charge is 0.311 e. The van der Waals surface area contributed by atoms with E-state index >= 15 is 0 Å². The summed E-state index contributed by atoms with van der Waals surface area (Å²) >= 11 is 0. The summed E-state index contributed by atoms with van der Waals surface area (Å²) in [6.45, 7) is 4.65. The molecule has 3 heteroatoms. The van der Waals surface area contributed by atoms with Gasteiger partial charge in [-0.1, -0.05) is 79.7 Å². The van der Waals surface area contributed by atoms with Crippen molar-refractivity contribution in [1.29, 1.82) is 0 Å². The lowest BCUT2D eigenvalue weighted by Gasteiger charge is -2.40. The number of rotatable bonds is 7. The monoisotopic (exact) mass is 398 g/mol. The molecule has 1 heterocycles. The molecular weight excluding hydrogens is 368 g/mol. The zero-order chi connectivity index (χ0) is 20.8. The van der Waals surface area contributed by atoms with Crippen LogP contribution in [0.4, 0.5) is 5.69 Å². The molecule has 0 aliphatic carbocycles. The fourth-order valence-electron chi connectivity index (χ4n) is 4.43. The third-order valence-corrected chi connectivity index (χ3v) is 6.08. The van der Waals surface area contributed by atoms with Gasteiger partial charge in [-0.25, -0.2) is 0 Å². The SMILES string of the molecule is CCC(=O)N(CC1c2ccccc2CCN1CCc1ccccc1)c1ccccc1. The zero-order valence-corrected chi connectivity index (χ0v) is 17.7. The molecule has 1 amide bonds. The van der Waals surface area contributed by atoms with Crippen LogP contribution in [0.2, 0.25) is 0 Å². The van der Waals surface area contributed by atoms with Crippen LogP contribution in [-0.2, 0) is 17.6 Å². The number of anilines is 1. The van der Waals surface area contributed by atoms with Gasteiger partial charge < -0.3 is 4.90 Å². The van der Waals surface area contributed by atoms with Crippen molar-refractivity contribution >= 4 is 11.6 Å². The highest BCUT2D eigenvalue weighted by Crippen LogP contribution is 2.32. The molecule has 1 aliphatic rings. The standard InChI is InChI=1S/C27H30N2O/c1-2-27(30)29(24-14-7-4-8-15-24)21-26-25-16-10-9-13-23(25)18-20-28(26)19-17-22-11-5-3-6-12-22/h3-16,26H,2,17-21H2,1H3. The summed E-state index contributed by atoms with van der Waals surface area (Å²) in [5.41, 5.74) is 5.12. The first kappa shape index (κ1) is 20.4. The molecule has 154 valence electrons. The molecule has 30 heavy (non-hydrogen) atoms. The van der Waals surface area contributed by atoms with Gasteiger partial charge in [0.2, 0.25) is 5.91 Å². The Morgan fingerprint density at radius 1 is 0.933 bits per heavy atom. The second-order valence-corrected chi connectivity index (χ2v) is 7.93. The smallest absolute Gasteiger partial charge is 0.226 e. The van der Waals surface area contributed by atoms with Gasteiger partial charge in [0, 0.05) is 31.7 Å². The third kappa shape index (κ3) is 4.63. The highest BCUT2D eigenvalue weighted by molar-refractivity contribution is 5.93. The maximum absolute atomic E-state index is 12.9. The number of carbonyl (C=O) groups excluding carboxylic acids is 1. The van der Waals surface area contributed by atoms with Crippen molar-refractivity contribution in [3.8, 4) is 0 Å². The molecule has 0 aromatic heterocycles. The number of fused-ring (bicyclic) bond motifs is 1. The molecule has 0 bridgehead atoms. The lowest BCUT2D eigenvalue weighted by atomic mass is 9.91. The first-order valence-electron chi connectivity index (χ1n) is 11.0. The molecule has 0 spiro atoms. The predicted molar refractivity (Wildman–Crippen MR) is 124 cm³/mol. The minimum atomic E-state index is 0.173. The Hall–Kier alpha value is -2.91. The maximum atomic E-state index is 12.9. The Balaban J connectivity index is 1.62. The first-order valence-corrected chi connectivity index (χ1v) is 11.0. The summed E-state index contributed by atoms with van der Waals surface area (Å²) in [4.78, 5) is 17.4. The summed E-state index contributed by atoms with van der Waals surface area (Å²) in [5.74, 6) is 0.173. The topological polar surface area (TPSA) is 23.6 Å². The van der Waals surface area contributed by atoms with Crippen LogP contribution >= 0.6 is 0 Å². The van der Waals surface area contributed by atoms with Crippen molar-refractivity contribution in [2.24, 2.45) is 0 Å². The number of benzene rings is 3. The van der Waals surface area contributed by atoms with E-state index in [1.165, 1.54) is 16.7 Å². The van der Waals surface area contributed by atoms with E-state index in [2.05, 4.69) is 59.5 Å². The van der Waals surface area contributed by atoms with Gasteiger partial charge in [-0.2, -0.15) is 0 Å². The fraction of sp³-hybridized carbons (Fsp3) is 0.296. The van der Waals surface area contributed by atoms with Crippen molar-refractivity contribution in [2.75, 3.05) is 24.5 Å². The average molecular weight is 399 g/mol. The van der Waals surface area contributed by atoms with Gasteiger partial charge in [-0.15, -0.1) is 0 Å². The Morgan fingerprint density at radius 3 is 2.33 bits per heavy atom. The van der Waals surface area contributed by atoms with E-state index in [9.17, 15) is 4.79 Å². The van der Waals surface area contributed by atoms with Gasteiger partial charge in [0.15, 0.2) is 0 Å². The lowest BCUT2D eigenvalue weighted by Crippen LogP contribution is -2.44. The number of amides is 1. The molecule has 0 radical (unpaired) electrons. The zero-order valence-electron chi connectivity index (χ0n) is 17.7. The van der Waals surface area contributed by atoms with Crippen molar-refractivity contribution in [3.05, 3.63) is 102 Å². The molecule has 3 aromatic carbocycles. The highest BCUT2D eigenvalue weighted by Gasteiger charge is 2.30. The van der Waals surface area contributed by atoms with E-state index in [1.807, 2.05) is 42.2 Å². The fourth-order valence-corrected chi connectivity index (χ4v) is 4.43. The van der Waals surface area contributed by atoms with Crippen LogP contribution in [0.3, 0.4) is 0 Å². The van der Waals surface area contributed by atoms with Crippen LogP contribution in [0.1, 0.15) is 36.1 Å². The molecule has 4 rings (SSSR count). The lowest BCUT2D eigenvalue weighted by molar-refractivity contribution is -0.118. The van der Waals surface area contributed by atoms with Gasteiger partial charge in [-0.05, 0) is 41.7 Å². The van der Waals surface area contributed by atoms with Crippen LogP contribution in [-0.4, -0.2) is 30.4 Å². The number of para-hydroxylation sites is 1. The molecule has 1 unspecified atom stereocenters. The van der Waals surface area contributed by atoms with Crippen LogP contribution in [0.5, 0.6) is 0 Å². The Bertz CT molecular complexity index is 955. The summed E-state index contributed by atoms with van der Waals surface area (Å²) in [5, 5.41) is 0.